The van der Waals surface area contributed by atoms with Crippen molar-refractivity contribution in [3.8, 4) is 5.75 Å². The molecule has 5 heteroatoms. The molecule has 0 fully saturated rings. The van der Waals surface area contributed by atoms with Gasteiger partial charge in [0.05, 0.1) is 20.3 Å². The van der Waals surface area contributed by atoms with Crippen molar-refractivity contribution in [1.29, 1.82) is 0 Å². The molecular formula is C12H18N2O3. The molecule has 3 N–H and O–H groups in total. The highest BCUT2D eigenvalue weighted by Crippen LogP contribution is 2.18. The van der Waals surface area contributed by atoms with E-state index in [0.717, 1.165) is 11.3 Å². The zero-order chi connectivity index (χ0) is 12.7. The van der Waals surface area contributed by atoms with Crippen molar-refractivity contribution in [1.82, 2.24) is 4.90 Å². The van der Waals surface area contributed by atoms with Gasteiger partial charge < -0.3 is 15.6 Å². The van der Waals surface area contributed by atoms with Gasteiger partial charge in [0, 0.05) is 18.7 Å². The third kappa shape index (κ3) is 4.42. The van der Waals surface area contributed by atoms with E-state index in [9.17, 15) is 4.79 Å². The summed E-state index contributed by atoms with van der Waals surface area (Å²) < 4.78 is 5.22. The van der Waals surface area contributed by atoms with E-state index in [2.05, 4.69) is 0 Å². The molecule has 1 aromatic carbocycles. The molecule has 0 unspecified atom stereocenters. The van der Waals surface area contributed by atoms with Crippen molar-refractivity contribution in [2.75, 3.05) is 26.8 Å². The first-order valence-electron chi connectivity index (χ1n) is 5.40. The number of rotatable bonds is 7. The Hall–Kier alpha value is -1.59. The number of ether oxygens (including phenoxy) is 1. The lowest BCUT2D eigenvalue weighted by Crippen LogP contribution is -2.35. The Bertz CT molecular complexity index is 369. The summed E-state index contributed by atoms with van der Waals surface area (Å²) >= 11 is 0. The molecule has 0 spiro atoms. The standard InChI is InChI=1S/C12H18N2O3/c1-17-11-5-3-2-4-10(11)8-14(6-7-15)9-12(13)16/h2-5,15H,6-9H2,1H3,(H2,13,16). The summed E-state index contributed by atoms with van der Waals surface area (Å²) in [7, 11) is 1.60. The average molecular weight is 238 g/mol. The Kier molecular flexibility index (Phi) is 5.45. The van der Waals surface area contributed by atoms with Crippen molar-refractivity contribution in [3.63, 3.8) is 0 Å². The number of carbonyl (C=O) groups excluding carboxylic acids is 1. The maximum absolute atomic E-state index is 10.9. The number of hydrogen-bond acceptors (Lipinski definition) is 4. The molecular weight excluding hydrogens is 220 g/mol. The predicted molar refractivity (Wildman–Crippen MR) is 64.6 cm³/mol. The van der Waals surface area contributed by atoms with Gasteiger partial charge in [0.1, 0.15) is 5.75 Å². The Morgan fingerprint density at radius 1 is 1.47 bits per heavy atom. The number of benzene rings is 1. The minimum absolute atomic E-state index is 0.0115. The van der Waals surface area contributed by atoms with Crippen LogP contribution in [0.4, 0.5) is 0 Å². The number of hydrogen-bond donors (Lipinski definition) is 2. The zero-order valence-corrected chi connectivity index (χ0v) is 9.93. The van der Waals surface area contributed by atoms with Crippen LogP contribution >= 0.6 is 0 Å². The number of methoxy groups -OCH3 is 1. The van der Waals surface area contributed by atoms with E-state index in [1.807, 2.05) is 24.3 Å². The molecule has 0 aliphatic rings. The smallest absolute Gasteiger partial charge is 0.231 e. The Balaban J connectivity index is 2.74. The Morgan fingerprint density at radius 2 is 2.18 bits per heavy atom. The fourth-order valence-electron chi connectivity index (χ4n) is 1.65. The van der Waals surface area contributed by atoms with Crippen LogP contribution in [0.1, 0.15) is 5.56 Å². The van der Waals surface area contributed by atoms with Gasteiger partial charge >= 0.3 is 0 Å². The van der Waals surface area contributed by atoms with Crippen molar-refractivity contribution in [2.24, 2.45) is 5.73 Å². The molecule has 0 heterocycles. The molecule has 5 nitrogen and oxygen atoms in total. The highest BCUT2D eigenvalue weighted by molar-refractivity contribution is 5.75. The van der Waals surface area contributed by atoms with Gasteiger partial charge in [-0.2, -0.15) is 0 Å². The molecule has 1 rings (SSSR count). The number of aliphatic hydroxyl groups excluding tert-OH is 1. The number of para-hydroxylation sites is 1. The summed E-state index contributed by atoms with van der Waals surface area (Å²) in [5, 5.41) is 8.93. The quantitative estimate of drug-likeness (QED) is 0.699. The van der Waals surface area contributed by atoms with E-state index in [0.29, 0.717) is 13.1 Å². The fraction of sp³-hybridized carbons (Fsp3) is 0.417. The van der Waals surface area contributed by atoms with Gasteiger partial charge in [0.25, 0.3) is 0 Å². The normalized spacial score (nSPS) is 10.5. The molecule has 1 amide bonds. The van der Waals surface area contributed by atoms with Crippen LogP contribution in [0.15, 0.2) is 24.3 Å². The van der Waals surface area contributed by atoms with Crippen molar-refractivity contribution < 1.29 is 14.6 Å². The summed E-state index contributed by atoms with van der Waals surface area (Å²) in [6.07, 6.45) is 0. The largest absolute Gasteiger partial charge is 0.496 e. The maximum Gasteiger partial charge on any atom is 0.231 e. The molecule has 1 aromatic rings. The van der Waals surface area contributed by atoms with Gasteiger partial charge in [-0.3, -0.25) is 9.69 Å². The van der Waals surface area contributed by atoms with E-state index in [-0.39, 0.29) is 13.2 Å². The van der Waals surface area contributed by atoms with Gasteiger partial charge in [0.15, 0.2) is 0 Å². The van der Waals surface area contributed by atoms with Crippen LogP contribution in [0.25, 0.3) is 0 Å². The molecule has 0 saturated carbocycles. The predicted octanol–water partition coefficient (Wildman–Crippen LogP) is -0.0252. The number of primary amides is 1. The number of aliphatic hydroxyl groups is 1. The third-order valence-corrected chi connectivity index (χ3v) is 2.38. The summed E-state index contributed by atoms with van der Waals surface area (Å²) in [5.41, 5.74) is 6.12. The lowest BCUT2D eigenvalue weighted by atomic mass is 10.2. The van der Waals surface area contributed by atoms with E-state index < -0.39 is 5.91 Å². The zero-order valence-electron chi connectivity index (χ0n) is 9.93. The van der Waals surface area contributed by atoms with E-state index in [1.165, 1.54) is 0 Å². The Morgan fingerprint density at radius 3 is 2.76 bits per heavy atom. The molecule has 94 valence electrons. The lowest BCUT2D eigenvalue weighted by molar-refractivity contribution is -0.119. The van der Waals surface area contributed by atoms with E-state index in [4.69, 9.17) is 15.6 Å². The highest BCUT2D eigenvalue weighted by Gasteiger charge is 2.11. The first kappa shape index (κ1) is 13.5. The second-order valence-electron chi connectivity index (χ2n) is 3.71. The van der Waals surface area contributed by atoms with Gasteiger partial charge in [-0.25, -0.2) is 0 Å². The second kappa shape index (κ2) is 6.88. The summed E-state index contributed by atoms with van der Waals surface area (Å²) in [6.45, 7) is 1.04. The molecule has 0 aliphatic heterocycles. The first-order valence-corrected chi connectivity index (χ1v) is 5.40. The van der Waals surface area contributed by atoms with Crippen LogP contribution in [0, 0.1) is 0 Å². The molecule has 0 aromatic heterocycles. The number of carbonyl (C=O) groups is 1. The van der Waals surface area contributed by atoms with Crippen LogP contribution < -0.4 is 10.5 Å². The topological polar surface area (TPSA) is 75.8 Å². The summed E-state index contributed by atoms with van der Waals surface area (Å²) in [6, 6.07) is 7.56. The summed E-state index contributed by atoms with van der Waals surface area (Å²) in [5.74, 6) is 0.355. The van der Waals surface area contributed by atoms with Crippen LogP contribution in [0.5, 0.6) is 5.75 Å². The molecule has 0 bridgehead atoms. The van der Waals surface area contributed by atoms with Gasteiger partial charge in [0.2, 0.25) is 5.91 Å². The Labute approximate surface area is 101 Å². The molecule has 0 atom stereocenters. The molecule has 0 aliphatic carbocycles. The number of amides is 1. The van der Waals surface area contributed by atoms with Gasteiger partial charge in [-0.1, -0.05) is 18.2 Å². The second-order valence-corrected chi connectivity index (χ2v) is 3.71. The van der Waals surface area contributed by atoms with Crippen LogP contribution in [-0.4, -0.2) is 42.7 Å². The number of nitrogens with two attached hydrogens (primary N) is 1. The van der Waals surface area contributed by atoms with Gasteiger partial charge in [-0.05, 0) is 6.07 Å². The third-order valence-electron chi connectivity index (χ3n) is 2.38. The monoisotopic (exact) mass is 238 g/mol. The minimum atomic E-state index is -0.409. The van der Waals surface area contributed by atoms with Crippen molar-refractivity contribution in [3.05, 3.63) is 29.8 Å². The first-order chi connectivity index (χ1) is 8.17. The number of nitrogens with zero attached hydrogens (tertiary/aromatic N) is 1. The molecule has 0 radical (unpaired) electrons. The van der Waals surface area contributed by atoms with E-state index in [1.54, 1.807) is 12.0 Å². The van der Waals surface area contributed by atoms with Gasteiger partial charge in [-0.15, -0.1) is 0 Å². The molecule has 0 saturated heterocycles. The highest BCUT2D eigenvalue weighted by atomic mass is 16.5. The van der Waals surface area contributed by atoms with Crippen molar-refractivity contribution >= 4 is 5.91 Å². The molecule has 17 heavy (non-hydrogen) atoms. The summed E-state index contributed by atoms with van der Waals surface area (Å²) in [4.78, 5) is 12.7. The average Bonchev–Trinajstić information content (AvgIpc) is 2.29. The lowest BCUT2D eigenvalue weighted by Gasteiger charge is -2.20. The van der Waals surface area contributed by atoms with E-state index >= 15 is 0 Å². The van der Waals surface area contributed by atoms with Crippen LogP contribution in [-0.2, 0) is 11.3 Å². The maximum atomic E-state index is 10.9. The SMILES string of the molecule is COc1ccccc1CN(CCO)CC(N)=O. The van der Waals surface area contributed by atoms with Crippen LogP contribution in [0.3, 0.4) is 0 Å². The van der Waals surface area contributed by atoms with Crippen LogP contribution in [0.2, 0.25) is 0 Å². The minimum Gasteiger partial charge on any atom is -0.496 e. The van der Waals surface area contributed by atoms with Crippen molar-refractivity contribution in [2.45, 2.75) is 6.54 Å². The fourth-order valence-corrected chi connectivity index (χ4v) is 1.65.